The number of carbonyl (C=O) groups is 3. The van der Waals surface area contributed by atoms with Crippen LogP contribution >= 0.6 is 0 Å². The first-order valence-electron chi connectivity index (χ1n) is 20.0. The first-order valence-corrected chi connectivity index (χ1v) is 20.0. The molecule has 0 spiro atoms. The van der Waals surface area contributed by atoms with Gasteiger partial charge in [-0.05, 0) is 81.9 Å². The number of nitro groups is 1. The summed E-state index contributed by atoms with van der Waals surface area (Å²) in [4.78, 5) is 53.1. The van der Waals surface area contributed by atoms with Gasteiger partial charge in [-0.3, -0.25) is 10.1 Å². The van der Waals surface area contributed by atoms with Crippen molar-refractivity contribution < 1.29 is 48.1 Å². The van der Waals surface area contributed by atoms with E-state index in [4.69, 9.17) is 23.7 Å². The van der Waals surface area contributed by atoms with Crippen molar-refractivity contribution in [1.82, 2.24) is 0 Å². The van der Waals surface area contributed by atoms with Crippen LogP contribution in [-0.2, 0) is 18.9 Å². The summed E-state index contributed by atoms with van der Waals surface area (Å²) in [5.41, 5.74) is 5.48. The highest BCUT2D eigenvalue weighted by Gasteiger charge is 2.53. The highest BCUT2D eigenvalue weighted by Crippen LogP contribution is 2.33. The van der Waals surface area contributed by atoms with Gasteiger partial charge in [0.1, 0.15) is 11.9 Å². The van der Waals surface area contributed by atoms with Crippen molar-refractivity contribution in [1.29, 1.82) is 0 Å². The molecule has 63 heavy (non-hydrogen) atoms. The number of non-ortho nitro benzene ring substituents is 1. The van der Waals surface area contributed by atoms with Crippen LogP contribution in [0, 0.1) is 10.1 Å². The number of aliphatic hydroxyl groups is 1. The Morgan fingerprint density at radius 2 is 0.825 bits per heavy atom. The van der Waals surface area contributed by atoms with Crippen LogP contribution in [0.1, 0.15) is 31.1 Å². The zero-order chi connectivity index (χ0) is 43.7. The Balaban J connectivity index is 1.15. The van der Waals surface area contributed by atoms with Gasteiger partial charge in [-0.15, -0.1) is 0 Å². The number of ether oxygens (including phenoxy) is 5. The van der Waals surface area contributed by atoms with E-state index in [1.807, 2.05) is 91.0 Å². The van der Waals surface area contributed by atoms with E-state index in [0.29, 0.717) is 0 Å². The Bertz CT molecular complexity index is 2660. The van der Waals surface area contributed by atoms with Crippen molar-refractivity contribution in [2.75, 3.05) is 6.61 Å². The highest BCUT2D eigenvalue weighted by molar-refractivity contribution is 5.92. The molecule has 1 fully saturated rings. The lowest BCUT2D eigenvalue weighted by Gasteiger charge is -2.44. The van der Waals surface area contributed by atoms with Crippen LogP contribution < -0.4 is 4.74 Å². The van der Waals surface area contributed by atoms with Gasteiger partial charge >= 0.3 is 17.9 Å². The molecule has 0 saturated carbocycles. The molecule has 12 nitrogen and oxygen atoms in total. The van der Waals surface area contributed by atoms with E-state index in [2.05, 4.69) is 0 Å². The summed E-state index contributed by atoms with van der Waals surface area (Å²) in [6, 6.07) is 53.7. The second-order valence-electron chi connectivity index (χ2n) is 14.5. The van der Waals surface area contributed by atoms with Gasteiger partial charge < -0.3 is 28.8 Å². The molecule has 12 heteroatoms. The minimum atomic E-state index is -1.64. The van der Waals surface area contributed by atoms with Crippen molar-refractivity contribution in [3.63, 3.8) is 0 Å². The summed E-state index contributed by atoms with van der Waals surface area (Å²) in [6.07, 6.45) is -7.83. The summed E-state index contributed by atoms with van der Waals surface area (Å²) in [7, 11) is 0. The number of hydrogen-bond acceptors (Lipinski definition) is 11. The number of aliphatic hydroxyl groups excluding tert-OH is 1. The van der Waals surface area contributed by atoms with Gasteiger partial charge in [0.25, 0.3) is 5.69 Å². The summed E-state index contributed by atoms with van der Waals surface area (Å²) in [5, 5.41) is 22.2. The van der Waals surface area contributed by atoms with Crippen molar-refractivity contribution in [3.8, 4) is 39.1 Å². The SMILES string of the molecule is O=C(O[C@H]1[C@@H](OC(=O)c2ccc(-c3ccccc3)cc2)[C@@H](CO)O[C@@H](Oc2ccc([N+](=O)[O-])cc2)[C@@H]1OC(=O)c1ccc(-c2ccccc2)cc1)c1ccc(-c2ccccc2)cc1. The molecule has 0 aromatic heterocycles. The van der Waals surface area contributed by atoms with Gasteiger partial charge in [-0.1, -0.05) is 127 Å². The number of nitro benzene ring substituents is 1. The van der Waals surface area contributed by atoms with E-state index in [0.717, 1.165) is 33.4 Å². The van der Waals surface area contributed by atoms with Crippen LogP contribution in [0.4, 0.5) is 5.69 Å². The molecule has 0 aliphatic carbocycles. The maximum atomic E-state index is 14.2. The predicted octanol–water partition coefficient (Wildman–Crippen LogP) is 9.37. The molecule has 1 saturated heterocycles. The Hall–Kier alpha value is -7.93. The van der Waals surface area contributed by atoms with Crippen molar-refractivity contribution in [2.45, 2.75) is 30.7 Å². The third kappa shape index (κ3) is 9.84. The highest BCUT2D eigenvalue weighted by atomic mass is 16.7. The smallest absolute Gasteiger partial charge is 0.338 e. The summed E-state index contributed by atoms with van der Waals surface area (Å²) in [6.45, 7) is -0.757. The number of nitrogens with zero attached hydrogens (tertiary/aromatic N) is 1. The molecule has 0 unspecified atom stereocenters. The number of hydrogen-bond donors (Lipinski definition) is 1. The number of carbonyl (C=O) groups excluding carboxylic acids is 3. The van der Waals surface area contributed by atoms with Gasteiger partial charge in [0.15, 0.2) is 12.2 Å². The van der Waals surface area contributed by atoms with E-state index in [9.17, 15) is 29.6 Å². The molecule has 1 N–H and O–H groups in total. The fraction of sp³-hybridized carbons (Fsp3) is 0.118. The Morgan fingerprint density at radius 1 is 0.476 bits per heavy atom. The van der Waals surface area contributed by atoms with E-state index in [1.165, 1.54) is 24.3 Å². The van der Waals surface area contributed by atoms with Crippen LogP contribution in [0.15, 0.2) is 188 Å². The minimum Gasteiger partial charge on any atom is -0.461 e. The lowest BCUT2D eigenvalue weighted by Crippen LogP contribution is -2.63. The number of benzene rings is 7. The molecular formula is C51H39NO11. The lowest BCUT2D eigenvalue weighted by molar-refractivity contribution is -0.384. The van der Waals surface area contributed by atoms with E-state index in [1.54, 1.807) is 72.8 Å². The second kappa shape index (κ2) is 19.2. The Kier molecular flexibility index (Phi) is 12.7. The Morgan fingerprint density at radius 3 is 1.19 bits per heavy atom. The zero-order valence-electron chi connectivity index (χ0n) is 33.5. The molecule has 0 radical (unpaired) electrons. The van der Waals surface area contributed by atoms with Crippen molar-refractivity contribution in [2.24, 2.45) is 0 Å². The van der Waals surface area contributed by atoms with Crippen LogP contribution in [-0.4, -0.2) is 65.3 Å². The summed E-state index contributed by atoms with van der Waals surface area (Å²) >= 11 is 0. The third-order valence-electron chi connectivity index (χ3n) is 10.5. The minimum absolute atomic E-state index is 0.0612. The van der Waals surface area contributed by atoms with Crippen LogP contribution in [0.3, 0.4) is 0 Å². The molecular weight excluding hydrogens is 803 g/mol. The molecule has 0 bridgehead atoms. The standard InChI is InChI=1S/C51H39NO11/c53-32-44-45(61-48(54)39-22-16-36(17-23-39)33-10-4-1-5-11-33)46(62-49(55)40-24-18-37(19-25-40)34-12-6-2-7-13-34)47(51(60-44)59-43-30-28-42(29-31-43)52(57)58)63-50(56)41-26-20-38(21-27-41)35-14-8-3-9-15-35/h1-31,44-47,51,53H,32H2/t44-,45+,46+,47-,51-/m1/s1. The lowest BCUT2D eigenvalue weighted by atomic mass is 9.97. The monoisotopic (exact) mass is 841 g/mol. The van der Waals surface area contributed by atoms with Crippen LogP contribution in [0.5, 0.6) is 5.75 Å². The quantitative estimate of drug-likeness (QED) is 0.0510. The predicted molar refractivity (Wildman–Crippen MR) is 233 cm³/mol. The molecule has 7 aromatic carbocycles. The third-order valence-corrected chi connectivity index (χ3v) is 10.5. The number of rotatable bonds is 13. The molecule has 1 aliphatic heterocycles. The van der Waals surface area contributed by atoms with E-state index in [-0.39, 0.29) is 28.1 Å². The molecule has 0 amide bonds. The fourth-order valence-electron chi connectivity index (χ4n) is 7.17. The zero-order valence-corrected chi connectivity index (χ0v) is 33.5. The van der Waals surface area contributed by atoms with Crippen molar-refractivity contribution in [3.05, 3.63) is 215 Å². The van der Waals surface area contributed by atoms with Crippen LogP contribution in [0.25, 0.3) is 33.4 Å². The topological polar surface area (TPSA) is 161 Å². The fourth-order valence-corrected chi connectivity index (χ4v) is 7.17. The Labute approximate surface area is 362 Å². The average Bonchev–Trinajstić information content (AvgIpc) is 3.34. The first-order chi connectivity index (χ1) is 30.7. The number of esters is 3. The van der Waals surface area contributed by atoms with E-state index < -0.39 is 60.1 Å². The molecule has 5 atom stereocenters. The van der Waals surface area contributed by atoms with Gasteiger partial charge in [-0.25, -0.2) is 14.4 Å². The van der Waals surface area contributed by atoms with Crippen LogP contribution in [0.2, 0.25) is 0 Å². The maximum Gasteiger partial charge on any atom is 0.338 e. The van der Waals surface area contributed by atoms with Crippen molar-refractivity contribution >= 4 is 23.6 Å². The van der Waals surface area contributed by atoms with Gasteiger partial charge in [0.05, 0.1) is 28.2 Å². The average molecular weight is 842 g/mol. The molecule has 7 aromatic rings. The maximum absolute atomic E-state index is 14.2. The largest absolute Gasteiger partial charge is 0.461 e. The van der Waals surface area contributed by atoms with Gasteiger partial charge in [-0.2, -0.15) is 0 Å². The molecule has 8 rings (SSSR count). The van der Waals surface area contributed by atoms with Gasteiger partial charge in [0, 0.05) is 12.1 Å². The molecule has 1 heterocycles. The van der Waals surface area contributed by atoms with E-state index >= 15 is 0 Å². The van der Waals surface area contributed by atoms with Gasteiger partial charge in [0.2, 0.25) is 12.4 Å². The second-order valence-corrected chi connectivity index (χ2v) is 14.5. The summed E-state index contributed by atoms with van der Waals surface area (Å²) < 4.78 is 30.7. The molecule has 1 aliphatic rings. The molecule has 314 valence electrons. The first kappa shape index (κ1) is 41.8. The summed E-state index contributed by atoms with van der Waals surface area (Å²) in [5.74, 6) is -2.51. The normalized spacial score (nSPS) is 18.1.